The van der Waals surface area contributed by atoms with Gasteiger partial charge in [-0.25, -0.2) is 0 Å². The molecule has 0 saturated carbocycles. The van der Waals surface area contributed by atoms with E-state index in [1.165, 1.54) is 0 Å². The van der Waals surface area contributed by atoms with Crippen LogP contribution >= 0.6 is 0 Å². The van der Waals surface area contributed by atoms with E-state index in [0.29, 0.717) is 6.54 Å². The molecular weight excluding hydrogens is 128 g/mol. The summed E-state index contributed by atoms with van der Waals surface area (Å²) in [5.41, 5.74) is 0.980. The van der Waals surface area contributed by atoms with Gasteiger partial charge in [0.2, 0.25) is 0 Å². The minimum absolute atomic E-state index is 0.123. The molecule has 0 spiro atoms. The van der Waals surface area contributed by atoms with Gasteiger partial charge >= 0.3 is 0 Å². The van der Waals surface area contributed by atoms with Crippen LogP contribution in [0.15, 0.2) is 19.0 Å². The normalized spacial score (nSPS) is 9.70. The highest BCUT2D eigenvalue weighted by atomic mass is 16.3. The van der Waals surface area contributed by atoms with Crippen LogP contribution in [0.5, 0.6) is 0 Å². The standard InChI is InChI=1S/C7H10N2O/c1-2-7-5-8-9(6-7)3-4-10/h2,5-6,10H,1,3-4H2. The van der Waals surface area contributed by atoms with E-state index in [9.17, 15) is 0 Å². The third-order valence-corrected chi connectivity index (χ3v) is 1.22. The topological polar surface area (TPSA) is 38.0 Å². The molecule has 0 atom stereocenters. The Morgan fingerprint density at radius 1 is 1.80 bits per heavy atom. The van der Waals surface area contributed by atoms with E-state index in [0.717, 1.165) is 5.56 Å². The molecular formula is C7H10N2O. The third-order valence-electron chi connectivity index (χ3n) is 1.22. The molecule has 3 nitrogen and oxygen atoms in total. The number of rotatable bonds is 3. The summed E-state index contributed by atoms with van der Waals surface area (Å²) in [6.07, 6.45) is 5.27. The Kier molecular flexibility index (Phi) is 2.23. The monoisotopic (exact) mass is 138 g/mol. The summed E-state index contributed by atoms with van der Waals surface area (Å²) >= 11 is 0. The number of hydrogen-bond acceptors (Lipinski definition) is 2. The molecule has 1 rings (SSSR count). The highest BCUT2D eigenvalue weighted by Crippen LogP contribution is 1.97. The molecule has 0 aliphatic heterocycles. The number of aliphatic hydroxyl groups excluding tert-OH is 1. The quantitative estimate of drug-likeness (QED) is 0.661. The van der Waals surface area contributed by atoms with Gasteiger partial charge in [0.05, 0.1) is 19.3 Å². The van der Waals surface area contributed by atoms with Crippen molar-refractivity contribution >= 4 is 6.08 Å². The smallest absolute Gasteiger partial charge is 0.0641 e. The van der Waals surface area contributed by atoms with Crippen molar-refractivity contribution in [3.8, 4) is 0 Å². The number of hydrogen-bond donors (Lipinski definition) is 1. The first-order valence-corrected chi connectivity index (χ1v) is 3.12. The summed E-state index contributed by atoms with van der Waals surface area (Å²) in [6.45, 7) is 4.26. The first-order chi connectivity index (χ1) is 4.86. The van der Waals surface area contributed by atoms with E-state index in [1.807, 2.05) is 6.20 Å². The Balaban J connectivity index is 2.68. The highest BCUT2D eigenvalue weighted by Gasteiger charge is 1.91. The van der Waals surface area contributed by atoms with E-state index < -0.39 is 0 Å². The van der Waals surface area contributed by atoms with Gasteiger partial charge in [-0.05, 0) is 0 Å². The fraction of sp³-hybridized carbons (Fsp3) is 0.286. The maximum absolute atomic E-state index is 8.51. The Hall–Kier alpha value is -1.09. The van der Waals surface area contributed by atoms with Crippen molar-refractivity contribution in [2.45, 2.75) is 6.54 Å². The van der Waals surface area contributed by atoms with Gasteiger partial charge in [-0.1, -0.05) is 12.7 Å². The van der Waals surface area contributed by atoms with Gasteiger partial charge in [0, 0.05) is 11.8 Å². The molecule has 54 valence electrons. The predicted octanol–water partition coefficient (Wildman–Crippen LogP) is 0.518. The van der Waals surface area contributed by atoms with E-state index in [1.54, 1.807) is 17.0 Å². The molecule has 0 radical (unpaired) electrons. The van der Waals surface area contributed by atoms with Crippen LogP contribution in [0.2, 0.25) is 0 Å². The summed E-state index contributed by atoms with van der Waals surface area (Å²) in [6, 6.07) is 0. The summed E-state index contributed by atoms with van der Waals surface area (Å²) in [4.78, 5) is 0. The molecule has 1 heterocycles. The molecule has 1 aromatic heterocycles. The zero-order valence-electron chi connectivity index (χ0n) is 5.70. The van der Waals surface area contributed by atoms with Crippen LogP contribution < -0.4 is 0 Å². The number of aromatic nitrogens is 2. The lowest BCUT2D eigenvalue weighted by atomic mass is 10.4. The van der Waals surface area contributed by atoms with Gasteiger partial charge in [-0.15, -0.1) is 0 Å². The molecule has 1 N–H and O–H groups in total. The maximum Gasteiger partial charge on any atom is 0.0641 e. The zero-order chi connectivity index (χ0) is 7.40. The van der Waals surface area contributed by atoms with Crippen molar-refractivity contribution in [3.05, 3.63) is 24.5 Å². The predicted molar refractivity (Wildman–Crippen MR) is 39.4 cm³/mol. The second-order valence-corrected chi connectivity index (χ2v) is 1.96. The summed E-state index contributed by atoms with van der Waals surface area (Å²) in [7, 11) is 0. The van der Waals surface area contributed by atoms with Crippen molar-refractivity contribution in [2.75, 3.05) is 6.61 Å². The van der Waals surface area contributed by atoms with Gasteiger partial charge in [-0.2, -0.15) is 5.10 Å². The van der Waals surface area contributed by atoms with Crippen molar-refractivity contribution in [2.24, 2.45) is 0 Å². The largest absolute Gasteiger partial charge is 0.394 e. The lowest BCUT2D eigenvalue weighted by Gasteiger charge is -1.93. The Bertz CT molecular complexity index is 217. The minimum Gasteiger partial charge on any atom is -0.394 e. The van der Waals surface area contributed by atoms with E-state index in [4.69, 9.17) is 5.11 Å². The van der Waals surface area contributed by atoms with Crippen molar-refractivity contribution in [3.63, 3.8) is 0 Å². The second-order valence-electron chi connectivity index (χ2n) is 1.96. The van der Waals surface area contributed by atoms with Crippen LogP contribution in [0, 0.1) is 0 Å². The SMILES string of the molecule is C=Cc1cnn(CCO)c1. The van der Waals surface area contributed by atoms with Gasteiger partial charge < -0.3 is 5.11 Å². The average molecular weight is 138 g/mol. The molecule has 10 heavy (non-hydrogen) atoms. The number of aliphatic hydroxyl groups is 1. The maximum atomic E-state index is 8.51. The molecule has 3 heteroatoms. The minimum atomic E-state index is 0.123. The third kappa shape index (κ3) is 1.45. The van der Waals surface area contributed by atoms with Crippen molar-refractivity contribution < 1.29 is 5.11 Å². The average Bonchev–Trinajstić information content (AvgIpc) is 2.37. The molecule has 0 bridgehead atoms. The molecule has 0 amide bonds. The summed E-state index contributed by atoms with van der Waals surface area (Å²) in [5.74, 6) is 0. The molecule has 0 aliphatic carbocycles. The van der Waals surface area contributed by atoms with Crippen LogP contribution in [0.1, 0.15) is 5.56 Å². The molecule has 0 aliphatic rings. The van der Waals surface area contributed by atoms with Crippen molar-refractivity contribution in [1.29, 1.82) is 0 Å². The van der Waals surface area contributed by atoms with Crippen LogP contribution in [-0.2, 0) is 6.54 Å². The Morgan fingerprint density at radius 2 is 2.60 bits per heavy atom. The Labute approximate surface area is 59.6 Å². The zero-order valence-corrected chi connectivity index (χ0v) is 5.70. The van der Waals surface area contributed by atoms with E-state index in [-0.39, 0.29) is 6.61 Å². The van der Waals surface area contributed by atoms with Gasteiger partial charge in [0.1, 0.15) is 0 Å². The van der Waals surface area contributed by atoms with Crippen LogP contribution in [0.25, 0.3) is 6.08 Å². The van der Waals surface area contributed by atoms with Crippen LogP contribution in [0.3, 0.4) is 0 Å². The molecule has 0 fully saturated rings. The Morgan fingerprint density at radius 3 is 3.10 bits per heavy atom. The van der Waals surface area contributed by atoms with Crippen LogP contribution in [0.4, 0.5) is 0 Å². The lowest BCUT2D eigenvalue weighted by molar-refractivity contribution is 0.269. The van der Waals surface area contributed by atoms with E-state index in [2.05, 4.69) is 11.7 Å². The fourth-order valence-corrected chi connectivity index (χ4v) is 0.710. The first kappa shape index (κ1) is 7.02. The molecule has 0 aromatic carbocycles. The molecule has 0 saturated heterocycles. The summed E-state index contributed by atoms with van der Waals surface area (Å²) in [5, 5.41) is 12.5. The molecule has 0 unspecified atom stereocenters. The van der Waals surface area contributed by atoms with Crippen molar-refractivity contribution in [1.82, 2.24) is 9.78 Å². The highest BCUT2D eigenvalue weighted by molar-refractivity contribution is 5.43. The van der Waals surface area contributed by atoms with Crippen LogP contribution in [-0.4, -0.2) is 21.5 Å². The summed E-state index contributed by atoms with van der Waals surface area (Å²) < 4.78 is 1.68. The first-order valence-electron chi connectivity index (χ1n) is 3.12. The number of nitrogens with zero attached hydrogens (tertiary/aromatic N) is 2. The second kappa shape index (κ2) is 3.17. The van der Waals surface area contributed by atoms with Gasteiger partial charge in [0.25, 0.3) is 0 Å². The van der Waals surface area contributed by atoms with E-state index >= 15 is 0 Å². The fourth-order valence-electron chi connectivity index (χ4n) is 0.710. The van der Waals surface area contributed by atoms with Gasteiger partial charge in [-0.3, -0.25) is 4.68 Å². The van der Waals surface area contributed by atoms with Gasteiger partial charge in [0.15, 0.2) is 0 Å². The molecule has 1 aromatic rings. The lowest BCUT2D eigenvalue weighted by Crippen LogP contribution is -2.01.